The number of alkyl halides is 3. The molecule has 1 atom stereocenters. The number of hydrogen-bond donors (Lipinski definition) is 2. The second-order valence-electron chi connectivity index (χ2n) is 4.69. The molecular formula is C15H14BrF3N2. The zero-order chi connectivity index (χ0) is 15.6. The van der Waals surface area contributed by atoms with Gasteiger partial charge in [-0.2, -0.15) is 13.2 Å². The topological polar surface area (TPSA) is 38.0 Å². The Labute approximate surface area is 129 Å². The van der Waals surface area contributed by atoms with Crippen LogP contribution in [-0.2, 0) is 6.18 Å². The van der Waals surface area contributed by atoms with E-state index < -0.39 is 17.8 Å². The first-order chi connectivity index (χ1) is 9.84. The molecule has 21 heavy (non-hydrogen) atoms. The number of nitrogens with one attached hydrogen (secondary N) is 1. The fraction of sp³-hybridized carbons (Fsp3) is 0.200. The molecule has 0 radical (unpaired) electrons. The van der Waals surface area contributed by atoms with Gasteiger partial charge in [0.15, 0.2) is 0 Å². The van der Waals surface area contributed by atoms with Crippen molar-refractivity contribution in [2.24, 2.45) is 5.84 Å². The van der Waals surface area contributed by atoms with Crippen LogP contribution in [0.5, 0.6) is 0 Å². The fourth-order valence-corrected chi connectivity index (χ4v) is 2.64. The molecule has 0 aromatic heterocycles. The van der Waals surface area contributed by atoms with Crippen molar-refractivity contribution in [2.45, 2.75) is 19.1 Å². The van der Waals surface area contributed by atoms with Crippen LogP contribution in [0.25, 0.3) is 0 Å². The summed E-state index contributed by atoms with van der Waals surface area (Å²) in [5.74, 6) is 5.53. The highest BCUT2D eigenvalue weighted by Crippen LogP contribution is 2.38. The first kappa shape index (κ1) is 16.0. The molecule has 3 N–H and O–H groups in total. The van der Waals surface area contributed by atoms with Crippen molar-refractivity contribution >= 4 is 15.9 Å². The molecule has 0 amide bonds. The van der Waals surface area contributed by atoms with E-state index in [1.807, 2.05) is 19.1 Å². The lowest BCUT2D eigenvalue weighted by atomic mass is 9.92. The predicted molar refractivity (Wildman–Crippen MR) is 79.5 cm³/mol. The lowest BCUT2D eigenvalue weighted by Crippen LogP contribution is -2.31. The minimum atomic E-state index is -4.45. The van der Waals surface area contributed by atoms with E-state index in [-0.39, 0.29) is 5.56 Å². The van der Waals surface area contributed by atoms with Crippen LogP contribution in [0.15, 0.2) is 46.9 Å². The molecule has 0 fully saturated rings. The van der Waals surface area contributed by atoms with E-state index in [4.69, 9.17) is 5.84 Å². The summed E-state index contributed by atoms with van der Waals surface area (Å²) in [6.45, 7) is 1.84. The highest BCUT2D eigenvalue weighted by molar-refractivity contribution is 9.10. The van der Waals surface area contributed by atoms with Gasteiger partial charge >= 0.3 is 6.18 Å². The molecule has 0 heterocycles. The van der Waals surface area contributed by atoms with E-state index in [0.29, 0.717) is 10.0 Å². The average Bonchev–Trinajstić information content (AvgIpc) is 2.42. The molecule has 2 aromatic carbocycles. The largest absolute Gasteiger partial charge is 0.416 e. The molecule has 0 bridgehead atoms. The smallest absolute Gasteiger partial charge is 0.271 e. The summed E-state index contributed by atoms with van der Waals surface area (Å²) in [6.07, 6.45) is -4.45. The van der Waals surface area contributed by atoms with Crippen molar-refractivity contribution in [3.05, 3.63) is 69.2 Å². The summed E-state index contributed by atoms with van der Waals surface area (Å²) in [5.41, 5.74) is 3.47. The zero-order valence-electron chi connectivity index (χ0n) is 11.2. The molecule has 2 rings (SSSR count). The van der Waals surface area contributed by atoms with E-state index in [2.05, 4.69) is 21.4 Å². The Morgan fingerprint density at radius 2 is 1.76 bits per heavy atom. The Morgan fingerprint density at radius 3 is 2.33 bits per heavy atom. The van der Waals surface area contributed by atoms with E-state index in [0.717, 1.165) is 11.6 Å². The number of hydrazine groups is 1. The van der Waals surface area contributed by atoms with E-state index >= 15 is 0 Å². The Morgan fingerprint density at radius 1 is 1.10 bits per heavy atom. The molecule has 2 aromatic rings. The van der Waals surface area contributed by atoms with E-state index in [9.17, 15) is 13.2 Å². The molecule has 0 saturated carbocycles. The molecule has 112 valence electrons. The number of hydrogen-bond acceptors (Lipinski definition) is 2. The highest BCUT2D eigenvalue weighted by atomic mass is 79.9. The fourth-order valence-electron chi connectivity index (χ4n) is 2.28. The van der Waals surface area contributed by atoms with Crippen molar-refractivity contribution in [3.63, 3.8) is 0 Å². The van der Waals surface area contributed by atoms with Gasteiger partial charge in [0.05, 0.1) is 11.6 Å². The van der Waals surface area contributed by atoms with Crippen molar-refractivity contribution in [1.29, 1.82) is 0 Å². The van der Waals surface area contributed by atoms with Crippen LogP contribution >= 0.6 is 15.9 Å². The number of nitrogens with two attached hydrogens (primary N) is 1. The van der Waals surface area contributed by atoms with Gasteiger partial charge < -0.3 is 0 Å². The van der Waals surface area contributed by atoms with Gasteiger partial charge in [-0.3, -0.25) is 5.84 Å². The number of benzene rings is 2. The van der Waals surface area contributed by atoms with Crippen LogP contribution in [-0.4, -0.2) is 0 Å². The lowest BCUT2D eigenvalue weighted by molar-refractivity contribution is -0.138. The number of halogens is 4. The third-order valence-electron chi connectivity index (χ3n) is 3.30. The van der Waals surface area contributed by atoms with Crippen LogP contribution in [0.3, 0.4) is 0 Å². The third-order valence-corrected chi connectivity index (χ3v) is 3.79. The van der Waals surface area contributed by atoms with Gasteiger partial charge in [-0.25, -0.2) is 5.43 Å². The molecule has 0 aliphatic rings. The highest BCUT2D eigenvalue weighted by Gasteiger charge is 2.35. The molecule has 2 nitrogen and oxygen atoms in total. The summed E-state index contributed by atoms with van der Waals surface area (Å²) < 4.78 is 40.1. The predicted octanol–water partition coefficient (Wildman–Crippen LogP) is 4.33. The Kier molecular flexibility index (Phi) is 4.70. The second kappa shape index (κ2) is 6.17. The van der Waals surface area contributed by atoms with Crippen LogP contribution in [0, 0.1) is 6.92 Å². The summed E-state index contributed by atoms with van der Waals surface area (Å²) in [4.78, 5) is 0. The maximum atomic E-state index is 13.3. The minimum absolute atomic E-state index is 0.0995. The summed E-state index contributed by atoms with van der Waals surface area (Å²) in [6, 6.07) is 10.6. The minimum Gasteiger partial charge on any atom is -0.271 e. The second-order valence-corrected chi connectivity index (χ2v) is 5.60. The summed E-state index contributed by atoms with van der Waals surface area (Å²) >= 11 is 3.08. The first-order valence-electron chi connectivity index (χ1n) is 6.23. The monoisotopic (exact) mass is 358 g/mol. The van der Waals surface area contributed by atoms with Gasteiger partial charge in [-0.05, 0) is 35.7 Å². The van der Waals surface area contributed by atoms with Crippen LogP contribution in [0.1, 0.15) is 28.3 Å². The number of rotatable bonds is 3. The Balaban J connectivity index is 2.61. The van der Waals surface area contributed by atoms with Crippen LogP contribution < -0.4 is 11.3 Å². The summed E-state index contributed by atoms with van der Waals surface area (Å²) in [7, 11) is 0. The Bertz CT molecular complexity index is 641. The molecule has 0 aliphatic carbocycles. The normalized spacial score (nSPS) is 13.2. The van der Waals surface area contributed by atoms with Crippen molar-refractivity contribution in [2.75, 3.05) is 0 Å². The van der Waals surface area contributed by atoms with E-state index in [1.165, 1.54) is 6.07 Å². The standard InChI is InChI=1S/C15H14BrF3N2/c1-9-4-2-3-5-11(9)14(21-20)12-7-6-10(16)8-13(12)15(17,18)19/h2-8,14,21H,20H2,1H3. The molecule has 6 heteroatoms. The van der Waals surface area contributed by atoms with Crippen molar-refractivity contribution < 1.29 is 13.2 Å². The van der Waals surface area contributed by atoms with Crippen LogP contribution in [0.4, 0.5) is 13.2 Å². The quantitative estimate of drug-likeness (QED) is 0.633. The summed E-state index contributed by atoms with van der Waals surface area (Å²) in [5, 5.41) is 0. The SMILES string of the molecule is Cc1ccccc1C(NN)c1ccc(Br)cc1C(F)(F)F. The van der Waals surface area contributed by atoms with Gasteiger partial charge in [0, 0.05) is 4.47 Å². The first-order valence-corrected chi connectivity index (χ1v) is 7.02. The lowest BCUT2D eigenvalue weighted by Gasteiger charge is -2.23. The number of aryl methyl sites for hydroxylation is 1. The average molecular weight is 359 g/mol. The Hall–Kier alpha value is -1.37. The molecule has 0 aliphatic heterocycles. The zero-order valence-corrected chi connectivity index (χ0v) is 12.8. The van der Waals surface area contributed by atoms with Crippen LogP contribution in [0.2, 0.25) is 0 Å². The van der Waals surface area contributed by atoms with Gasteiger partial charge in [0.2, 0.25) is 0 Å². The molecule has 0 saturated heterocycles. The molecule has 1 unspecified atom stereocenters. The van der Waals surface area contributed by atoms with Crippen molar-refractivity contribution in [1.82, 2.24) is 5.43 Å². The van der Waals surface area contributed by atoms with Gasteiger partial charge in [-0.1, -0.05) is 46.3 Å². The maximum Gasteiger partial charge on any atom is 0.416 e. The third kappa shape index (κ3) is 3.45. The molecule has 0 spiro atoms. The molecular weight excluding hydrogens is 345 g/mol. The van der Waals surface area contributed by atoms with E-state index in [1.54, 1.807) is 18.2 Å². The van der Waals surface area contributed by atoms with Gasteiger partial charge in [0.25, 0.3) is 0 Å². The van der Waals surface area contributed by atoms with Gasteiger partial charge in [0.1, 0.15) is 0 Å². The maximum absolute atomic E-state index is 13.3. The van der Waals surface area contributed by atoms with Crippen molar-refractivity contribution in [3.8, 4) is 0 Å². The van der Waals surface area contributed by atoms with Gasteiger partial charge in [-0.15, -0.1) is 0 Å².